The third-order valence-electron chi connectivity index (χ3n) is 3.25. The molecule has 1 N–H and O–H groups in total. The number of benzene rings is 1. The quantitative estimate of drug-likeness (QED) is 0.897. The van der Waals surface area contributed by atoms with Gasteiger partial charge in [0.2, 0.25) is 5.89 Å². The molecule has 0 spiro atoms. The van der Waals surface area contributed by atoms with Gasteiger partial charge in [-0.3, -0.25) is 0 Å². The van der Waals surface area contributed by atoms with Gasteiger partial charge in [-0.25, -0.2) is 4.98 Å². The smallest absolute Gasteiger partial charge is 0.211 e. The van der Waals surface area contributed by atoms with Crippen LogP contribution >= 0.6 is 0 Å². The van der Waals surface area contributed by atoms with E-state index in [0.29, 0.717) is 0 Å². The molecule has 3 nitrogen and oxygen atoms in total. The van der Waals surface area contributed by atoms with Gasteiger partial charge in [0.05, 0.1) is 12.2 Å². The van der Waals surface area contributed by atoms with Gasteiger partial charge in [-0.1, -0.05) is 17.7 Å². The van der Waals surface area contributed by atoms with Gasteiger partial charge in [0.15, 0.2) is 5.76 Å². The third kappa shape index (κ3) is 2.31. The van der Waals surface area contributed by atoms with Gasteiger partial charge in [-0.15, -0.1) is 0 Å². The standard InChI is InChI=1S/C15H20N2O/c1-9-6-10(2)14(11(3)7-9)13-8-17-15(18-13)12(4)16-5/h6-8,12,16H,1-5H3. The van der Waals surface area contributed by atoms with Crippen LogP contribution in [0.15, 0.2) is 22.7 Å². The van der Waals surface area contributed by atoms with Crippen molar-refractivity contribution in [2.24, 2.45) is 0 Å². The summed E-state index contributed by atoms with van der Waals surface area (Å²) in [6.45, 7) is 8.36. The first-order chi connectivity index (χ1) is 8.52. The summed E-state index contributed by atoms with van der Waals surface area (Å²) < 4.78 is 5.85. The van der Waals surface area contributed by atoms with Crippen LogP contribution < -0.4 is 5.32 Å². The van der Waals surface area contributed by atoms with E-state index in [0.717, 1.165) is 17.2 Å². The number of aryl methyl sites for hydroxylation is 3. The molecule has 1 unspecified atom stereocenters. The maximum atomic E-state index is 5.85. The zero-order valence-electron chi connectivity index (χ0n) is 11.7. The third-order valence-corrected chi connectivity index (χ3v) is 3.25. The molecule has 1 aromatic carbocycles. The minimum absolute atomic E-state index is 0.129. The molecule has 0 fully saturated rings. The van der Waals surface area contributed by atoms with Gasteiger partial charge in [-0.2, -0.15) is 0 Å². The second kappa shape index (κ2) is 4.94. The predicted molar refractivity (Wildman–Crippen MR) is 73.6 cm³/mol. The van der Waals surface area contributed by atoms with Crippen LogP contribution in [0.25, 0.3) is 11.3 Å². The van der Waals surface area contributed by atoms with Gasteiger partial charge in [0.1, 0.15) is 0 Å². The molecule has 0 amide bonds. The second-order valence-electron chi connectivity index (χ2n) is 4.85. The summed E-state index contributed by atoms with van der Waals surface area (Å²) in [6.07, 6.45) is 1.81. The van der Waals surface area contributed by atoms with E-state index in [1.54, 1.807) is 0 Å². The molecule has 0 radical (unpaired) electrons. The number of rotatable bonds is 3. The van der Waals surface area contributed by atoms with E-state index in [1.165, 1.54) is 16.7 Å². The number of nitrogens with one attached hydrogen (secondary N) is 1. The Labute approximate surface area is 108 Å². The second-order valence-corrected chi connectivity index (χ2v) is 4.85. The van der Waals surface area contributed by atoms with Crippen LogP contribution in [0.5, 0.6) is 0 Å². The zero-order chi connectivity index (χ0) is 13.3. The highest BCUT2D eigenvalue weighted by Gasteiger charge is 2.14. The first kappa shape index (κ1) is 12.8. The Balaban J connectivity index is 2.46. The van der Waals surface area contributed by atoms with Gasteiger partial charge in [0.25, 0.3) is 0 Å². The SMILES string of the molecule is CNC(C)c1ncc(-c2c(C)cc(C)cc2C)o1. The lowest BCUT2D eigenvalue weighted by molar-refractivity contribution is 0.441. The van der Waals surface area contributed by atoms with E-state index < -0.39 is 0 Å². The Hall–Kier alpha value is -1.61. The molecule has 0 aliphatic carbocycles. The van der Waals surface area contributed by atoms with Gasteiger partial charge in [-0.05, 0) is 45.9 Å². The molecule has 1 aromatic heterocycles. The highest BCUT2D eigenvalue weighted by molar-refractivity contribution is 5.66. The summed E-state index contributed by atoms with van der Waals surface area (Å²) in [5.74, 6) is 1.58. The molecule has 0 aliphatic heterocycles. The minimum Gasteiger partial charge on any atom is -0.439 e. The molecule has 0 saturated heterocycles. The van der Waals surface area contributed by atoms with E-state index in [-0.39, 0.29) is 6.04 Å². The van der Waals surface area contributed by atoms with Crippen LogP contribution in [-0.2, 0) is 0 Å². The fourth-order valence-electron chi connectivity index (χ4n) is 2.30. The molecule has 0 bridgehead atoms. The summed E-state index contributed by atoms with van der Waals surface area (Å²) in [6, 6.07) is 4.47. The van der Waals surface area contributed by atoms with Crippen molar-refractivity contribution in [3.8, 4) is 11.3 Å². The molecule has 18 heavy (non-hydrogen) atoms. The van der Waals surface area contributed by atoms with Gasteiger partial charge < -0.3 is 9.73 Å². The van der Waals surface area contributed by atoms with Crippen LogP contribution in [0.4, 0.5) is 0 Å². The average Bonchev–Trinajstić information content (AvgIpc) is 2.76. The fourth-order valence-corrected chi connectivity index (χ4v) is 2.30. The first-order valence-electron chi connectivity index (χ1n) is 6.24. The molecule has 0 aliphatic rings. The van der Waals surface area contributed by atoms with Crippen LogP contribution in [0, 0.1) is 20.8 Å². The topological polar surface area (TPSA) is 38.1 Å². The van der Waals surface area contributed by atoms with Crippen molar-refractivity contribution in [2.45, 2.75) is 33.7 Å². The number of nitrogens with zero attached hydrogens (tertiary/aromatic N) is 1. The molecule has 2 rings (SSSR count). The highest BCUT2D eigenvalue weighted by Crippen LogP contribution is 2.29. The lowest BCUT2D eigenvalue weighted by Crippen LogP contribution is -2.12. The molecule has 2 aromatic rings. The molecule has 3 heteroatoms. The van der Waals surface area contributed by atoms with E-state index in [1.807, 2.05) is 20.2 Å². The molecular formula is C15H20N2O. The van der Waals surface area contributed by atoms with Gasteiger partial charge in [0, 0.05) is 5.56 Å². The van der Waals surface area contributed by atoms with E-state index in [2.05, 4.69) is 43.2 Å². The highest BCUT2D eigenvalue weighted by atomic mass is 16.4. The van der Waals surface area contributed by atoms with E-state index in [9.17, 15) is 0 Å². The molecule has 96 valence electrons. The Kier molecular flexibility index (Phi) is 3.53. The van der Waals surface area contributed by atoms with Crippen molar-refractivity contribution >= 4 is 0 Å². The van der Waals surface area contributed by atoms with Crippen LogP contribution in [0.1, 0.15) is 35.5 Å². The number of hydrogen-bond acceptors (Lipinski definition) is 3. The maximum Gasteiger partial charge on any atom is 0.211 e. The molecule has 0 saturated carbocycles. The van der Waals surface area contributed by atoms with Crippen molar-refractivity contribution in [2.75, 3.05) is 7.05 Å². The number of hydrogen-bond donors (Lipinski definition) is 1. The normalized spacial score (nSPS) is 12.7. The monoisotopic (exact) mass is 244 g/mol. The van der Waals surface area contributed by atoms with E-state index in [4.69, 9.17) is 4.42 Å². The van der Waals surface area contributed by atoms with Crippen LogP contribution in [0.3, 0.4) is 0 Å². The van der Waals surface area contributed by atoms with Crippen LogP contribution in [0.2, 0.25) is 0 Å². The lowest BCUT2D eigenvalue weighted by Gasteiger charge is -2.09. The fraction of sp³-hybridized carbons (Fsp3) is 0.400. The molecule has 1 heterocycles. The summed E-state index contributed by atoms with van der Waals surface area (Å²) in [5.41, 5.74) is 4.89. The number of aromatic nitrogens is 1. The van der Waals surface area contributed by atoms with Crippen molar-refractivity contribution in [3.05, 3.63) is 40.9 Å². The minimum atomic E-state index is 0.129. The lowest BCUT2D eigenvalue weighted by atomic mass is 9.98. The van der Waals surface area contributed by atoms with E-state index >= 15 is 0 Å². The molecule has 1 atom stereocenters. The molecular weight excluding hydrogens is 224 g/mol. The van der Waals surface area contributed by atoms with Crippen molar-refractivity contribution in [1.29, 1.82) is 0 Å². The Morgan fingerprint density at radius 3 is 2.33 bits per heavy atom. The van der Waals surface area contributed by atoms with Crippen molar-refractivity contribution < 1.29 is 4.42 Å². The van der Waals surface area contributed by atoms with Crippen LogP contribution in [-0.4, -0.2) is 12.0 Å². The first-order valence-corrected chi connectivity index (χ1v) is 6.24. The summed E-state index contributed by atoms with van der Waals surface area (Å²) in [5, 5.41) is 3.13. The van der Waals surface area contributed by atoms with Gasteiger partial charge >= 0.3 is 0 Å². The average molecular weight is 244 g/mol. The Morgan fingerprint density at radius 2 is 1.78 bits per heavy atom. The summed E-state index contributed by atoms with van der Waals surface area (Å²) in [4.78, 5) is 4.34. The Bertz CT molecular complexity index is 534. The predicted octanol–water partition coefficient (Wildman–Crippen LogP) is 3.55. The number of oxazole rings is 1. The largest absolute Gasteiger partial charge is 0.439 e. The summed E-state index contributed by atoms with van der Waals surface area (Å²) >= 11 is 0. The van der Waals surface area contributed by atoms with Crippen molar-refractivity contribution in [1.82, 2.24) is 10.3 Å². The maximum absolute atomic E-state index is 5.85. The van der Waals surface area contributed by atoms with Crippen molar-refractivity contribution in [3.63, 3.8) is 0 Å². The summed E-state index contributed by atoms with van der Waals surface area (Å²) in [7, 11) is 1.90. The zero-order valence-corrected chi connectivity index (χ0v) is 11.7. The Morgan fingerprint density at radius 1 is 1.17 bits per heavy atom.